The summed E-state index contributed by atoms with van der Waals surface area (Å²) in [5.74, 6) is 0.316. The molecule has 0 unspecified atom stereocenters. The number of carbonyl (C=O) groups excluding carboxylic acids is 2. The Morgan fingerprint density at radius 1 is 1.21 bits per heavy atom. The molecule has 9 nitrogen and oxygen atoms in total. The van der Waals surface area contributed by atoms with Crippen LogP contribution in [-0.2, 0) is 30.2 Å². The van der Waals surface area contributed by atoms with E-state index in [9.17, 15) is 14.7 Å². The van der Waals surface area contributed by atoms with Gasteiger partial charge in [-0.25, -0.2) is 0 Å². The van der Waals surface area contributed by atoms with E-state index in [2.05, 4.69) is 23.1 Å². The van der Waals surface area contributed by atoms with Crippen molar-refractivity contribution >= 4 is 11.9 Å². The van der Waals surface area contributed by atoms with E-state index >= 15 is 0 Å². The van der Waals surface area contributed by atoms with Crippen LogP contribution in [0.2, 0.25) is 0 Å². The van der Waals surface area contributed by atoms with Crippen molar-refractivity contribution in [3.63, 3.8) is 0 Å². The smallest absolute Gasteiger partial charge is 0.310 e. The fraction of sp³-hybridized carbons (Fsp3) is 0.655. The van der Waals surface area contributed by atoms with E-state index in [-0.39, 0.29) is 24.7 Å². The van der Waals surface area contributed by atoms with E-state index in [0.717, 1.165) is 49.2 Å². The summed E-state index contributed by atoms with van der Waals surface area (Å²) in [6.07, 6.45) is 5.78. The van der Waals surface area contributed by atoms with E-state index in [1.54, 1.807) is 21.0 Å². The Morgan fingerprint density at radius 2 is 1.97 bits per heavy atom. The maximum Gasteiger partial charge on any atom is 0.310 e. The van der Waals surface area contributed by atoms with Crippen molar-refractivity contribution in [2.24, 2.45) is 5.92 Å². The Kier molecular flexibility index (Phi) is 7.35. The third-order valence-corrected chi connectivity index (χ3v) is 8.52. The molecule has 1 spiro atoms. The molecule has 0 saturated carbocycles. The molecule has 3 aliphatic heterocycles. The first-order valence-corrected chi connectivity index (χ1v) is 13.6. The number of aliphatic hydroxyl groups is 1. The zero-order chi connectivity index (χ0) is 27.1. The normalized spacial score (nSPS) is 26.5. The zero-order valence-corrected chi connectivity index (χ0v) is 22.8. The molecule has 4 atom stereocenters. The number of carbonyl (C=O) groups is 2. The second-order valence-electron chi connectivity index (χ2n) is 11.5. The highest BCUT2D eigenvalue weighted by Gasteiger charge is 2.58. The molecule has 208 valence electrons. The quantitative estimate of drug-likeness (QED) is 0.482. The molecule has 9 heteroatoms. The lowest BCUT2D eigenvalue weighted by molar-refractivity contribution is -0.159. The lowest BCUT2D eigenvalue weighted by Crippen LogP contribution is -2.47. The highest BCUT2D eigenvalue weighted by molar-refractivity contribution is 5.80. The minimum absolute atomic E-state index is 0.0723. The largest absolute Gasteiger partial charge is 0.497 e. The molecule has 1 saturated heterocycles. The van der Waals surface area contributed by atoms with E-state index < -0.39 is 29.6 Å². The second kappa shape index (κ2) is 10.4. The van der Waals surface area contributed by atoms with Crippen molar-refractivity contribution in [2.45, 2.75) is 82.0 Å². The average molecular weight is 530 g/mol. The molecule has 0 aromatic heterocycles. The molecule has 3 heterocycles. The number of benzene rings is 1. The van der Waals surface area contributed by atoms with Gasteiger partial charge in [-0.15, -0.1) is 0 Å². The summed E-state index contributed by atoms with van der Waals surface area (Å²) >= 11 is 0. The molecular formula is C29H39NO8. The molecule has 1 N–H and O–H groups in total. The fourth-order valence-electron chi connectivity index (χ4n) is 6.68. The maximum absolute atomic E-state index is 13.7. The molecule has 0 bridgehead atoms. The van der Waals surface area contributed by atoms with Crippen LogP contribution in [0, 0.1) is 5.92 Å². The molecule has 1 fully saturated rings. The van der Waals surface area contributed by atoms with Crippen molar-refractivity contribution in [1.29, 1.82) is 0 Å². The van der Waals surface area contributed by atoms with Gasteiger partial charge >= 0.3 is 11.9 Å². The third kappa shape index (κ3) is 4.98. The van der Waals surface area contributed by atoms with Crippen molar-refractivity contribution in [2.75, 3.05) is 34.1 Å². The van der Waals surface area contributed by atoms with Crippen molar-refractivity contribution in [1.82, 2.24) is 4.90 Å². The fourth-order valence-corrected chi connectivity index (χ4v) is 6.68. The van der Waals surface area contributed by atoms with Gasteiger partial charge in [0.1, 0.15) is 5.76 Å². The molecular weight excluding hydrogens is 490 g/mol. The molecule has 4 aliphatic rings. The van der Waals surface area contributed by atoms with Gasteiger partial charge in [-0.05, 0) is 88.3 Å². The SMILES string of the molecule is COC(=O)C[C@H](CCCC(C)(C)O)C(=O)O[C@@H]1C(OC)=C[C@]23CCCN2CCc2cc4c(cc2[C@H]13)OCO4. The van der Waals surface area contributed by atoms with Crippen molar-refractivity contribution in [3.05, 3.63) is 35.1 Å². The second-order valence-corrected chi connectivity index (χ2v) is 11.5. The monoisotopic (exact) mass is 529 g/mol. The summed E-state index contributed by atoms with van der Waals surface area (Å²) < 4.78 is 28.4. The number of methoxy groups -OCH3 is 2. The van der Waals surface area contributed by atoms with E-state index in [0.29, 0.717) is 30.8 Å². The van der Waals surface area contributed by atoms with Gasteiger partial charge in [-0.2, -0.15) is 0 Å². The molecule has 0 radical (unpaired) electrons. The summed E-state index contributed by atoms with van der Waals surface area (Å²) in [7, 11) is 2.93. The van der Waals surface area contributed by atoms with Crippen LogP contribution >= 0.6 is 0 Å². The van der Waals surface area contributed by atoms with Gasteiger partial charge in [-0.3, -0.25) is 14.5 Å². The van der Waals surface area contributed by atoms with Crippen LogP contribution in [-0.4, -0.2) is 73.3 Å². The topological polar surface area (TPSA) is 104 Å². The van der Waals surface area contributed by atoms with E-state index in [4.69, 9.17) is 23.7 Å². The van der Waals surface area contributed by atoms with Gasteiger partial charge in [0.25, 0.3) is 0 Å². The van der Waals surface area contributed by atoms with Crippen LogP contribution in [0.5, 0.6) is 11.5 Å². The highest BCUT2D eigenvalue weighted by atomic mass is 16.7. The summed E-state index contributed by atoms with van der Waals surface area (Å²) in [4.78, 5) is 28.4. The third-order valence-electron chi connectivity index (χ3n) is 8.52. The first-order chi connectivity index (χ1) is 18.1. The van der Waals surface area contributed by atoms with Gasteiger partial charge in [0.05, 0.1) is 43.6 Å². The predicted molar refractivity (Wildman–Crippen MR) is 138 cm³/mol. The van der Waals surface area contributed by atoms with Crippen LogP contribution in [0.15, 0.2) is 24.0 Å². The van der Waals surface area contributed by atoms with Crippen LogP contribution in [0.25, 0.3) is 0 Å². The zero-order valence-electron chi connectivity index (χ0n) is 22.8. The Labute approximate surface area is 224 Å². The molecule has 0 amide bonds. The molecule has 38 heavy (non-hydrogen) atoms. The first kappa shape index (κ1) is 26.8. The Morgan fingerprint density at radius 3 is 2.68 bits per heavy atom. The Bertz CT molecular complexity index is 1110. The first-order valence-electron chi connectivity index (χ1n) is 13.6. The lowest BCUT2D eigenvalue weighted by atomic mass is 9.77. The standard InChI is InChI=1S/C29H39NO8/c1-28(2,33)9-5-7-19(14-24(31)35-4)27(32)38-26-23(34-3)16-29-10-6-11-30(29)12-8-18-13-21-22(37-17-36-21)15-20(18)25(26)29/h13,15-16,19,25-26,33H,5-12,14,17H2,1-4H3/t19-,25+,26+,29-/m0/s1. The number of esters is 2. The Balaban J connectivity index is 1.47. The van der Waals surface area contributed by atoms with Crippen molar-refractivity contribution in [3.8, 4) is 11.5 Å². The summed E-state index contributed by atoms with van der Waals surface area (Å²) in [5, 5.41) is 10.1. The number of ether oxygens (including phenoxy) is 5. The molecule has 5 rings (SSSR count). The van der Waals surface area contributed by atoms with Crippen LogP contribution in [0.4, 0.5) is 0 Å². The van der Waals surface area contributed by atoms with Crippen LogP contribution < -0.4 is 9.47 Å². The molecule has 1 aliphatic carbocycles. The van der Waals surface area contributed by atoms with Crippen LogP contribution in [0.1, 0.15) is 69.4 Å². The molecule has 1 aromatic rings. The maximum atomic E-state index is 13.7. The number of fused-ring (bicyclic) bond motifs is 3. The van der Waals surface area contributed by atoms with Gasteiger partial charge < -0.3 is 28.8 Å². The summed E-state index contributed by atoms with van der Waals surface area (Å²) in [6.45, 7) is 5.51. The number of hydrogen-bond donors (Lipinski definition) is 1. The van der Waals surface area contributed by atoms with Gasteiger partial charge in [0.2, 0.25) is 6.79 Å². The van der Waals surface area contributed by atoms with Crippen molar-refractivity contribution < 1.29 is 38.4 Å². The highest BCUT2D eigenvalue weighted by Crippen LogP contribution is 2.55. The minimum Gasteiger partial charge on any atom is -0.497 e. The number of rotatable bonds is 9. The van der Waals surface area contributed by atoms with Gasteiger partial charge in [0.15, 0.2) is 17.6 Å². The van der Waals surface area contributed by atoms with E-state index in [1.807, 2.05) is 0 Å². The van der Waals surface area contributed by atoms with Gasteiger partial charge in [0, 0.05) is 6.54 Å². The minimum atomic E-state index is -0.856. The Hall–Kier alpha value is -2.78. The predicted octanol–water partition coefficient (Wildman–Crippen LogP) is 3.47. The summed E-state index contributed by atoms with van der Waals surface area (Å²) in [5.41, 5.74) is 1.07. The summed E-state index contributed by atoms with van der Waals surface area (Å²) in [6, 6.07) is 4.11. The number of nitrogens with zero attached hydrogens (tertiary/aromatic N) is 1. The van der Waals surface area contributed by atoms with Crippen LogP contribution in [0.3, 0.4) is 0 Å². The van der Waals surface area contributed by atoms with E-state index in [1.165, 1.54) is 7.11 Å². The molecule has 1 aromatic carbocycles. The lowest BCUT2D eigenvalue weighted by Gasteiger charge is -2.39. The average Bonchev–Trinajstić information content (AvgIpc) is 3.56. The van der Waals surface area contributed by atoms with Gasteiger partial charge in [-0.1, -0.05) is 0 Å². The number of hydrogen-bond acceptors (Lipinski definition) is 9.